The summed E-state index contributed by atoms with van der Waals surface area (Å²) in [5, 5.41) is 21.1. The van der Waals surface area contributed by atoms with E-state index in [1.807, 2.05) is 31.2 Å². The minimum Gasteiger partial charge on any atom is -0.388 e. The van der Waals surface area contributed by atoms with Gasteiger partial charge in [-0.25, -0.2) is 9.48 Å². The lowest BCUT2D eigenvalue weighted by Crippen LogP contribution is -2.51. The van der Waals surface area contributed by atoms with Crippen molar-refractivity contribution in [2.75, 3.05) is 6.54 Å². The minimum absolute atomic E-state index is 0.125. The first-order valence-corrected chi connectivity index (χ1v) is 8.62. The fraction of sp³-hybridized carbons (Fsp3) is 0.500. The second-order valence-corrected chi connectivity index (χ2v) is 7.12. The molecule has 1 aliphatic heterocycles. The molecule has 2 heterocycles. The quantitative estimate of drug-likeness (QED) is 0.892. The standard InChI is InChI=1S/C18H25N5O2/c1-13(14-6-8-15(9-7-14)23-12-10-19-21-23)20-17(24)22-11-4-5-16(22)18(2,3)25/h6-10,12-13,16,25H,4-5,11H2,1-3H3,(H,20,24). The summed E-state index contributed by atoms with van der Waals surface area (Å²) in [5.41, 5.74) is 1.04. The van der Waals surface area contributed by atoms with Crippen LogP contribution in [0.1, 0.15) is 45.2 Å². The number of carbonyl (C=O) groups excluding carboxylic acids is 1. The number of hydrogen-bond acceptors (Lipinski definition) is 4. The van der Waals surface area contributed by atoms with E-state index in [4.69, 9.17) is 0 Å². The summed E-state index contributed by atoms with van der Waals surface area (Å²) in [6.45, 7) is 6.15. The van der Waals surface area contributed by atoms with Gasteiger partial charge in [0.15, 0.2) is 0 Å². The highest BCUT2D eigenvalue weighted by Crippen LogP contribution is 2.27. The van der Waals surface area contributed by atoms with E-state index in [1.54, 1.807) is 35.8 Å². The zero-order valence-corrected chi connectivity index (χ0v) is 14.9. The molecule has 7 heteroatoms. The fourth-order valence-electron chi connectivity index (χ4n) is 3.36. The number of nitrogens with zero attached hydrogens (tertiary/aromatic N) is 4. The van der Waals surface area contributed by atoms with Gasteiger partial charge in [0, 0.05) is 6.54 Å². The van der Waals surface area contributed by atoms with Gasteiger partial charge in [-0.3, -0.25) is 0 Å². The molecule has 0 bridgehead atoms. The number of benzene rings is 1. The Kier molecular flexibility index (Phi) is 4.76. The van der Waals surface area contributed by atoms with Gasteiger partial charge in [0.1, 0.15) is 0 Å². The Labute approximate surface area is 147 Å². The van der Waals surface area contributed by atoms with Gasteiger partial charge < -0.3 is 15.3 Å². The first kappa shape index (κ1) is 17.4. The van der Waals surface area contributed by atoms with E-state index < -0.39 is 5.60 Å². The van der Waals surface area contributed by atoms with Crippen molar-refractivity contribution < 1.29 is 9.90 Å². The van der Waals surface area contributed by atoms with E-state index in [0.717, 1.165) is 24.1 Å². The molecular weight excluding hydrogens is 318 g/mol. The Bertz CT molecular complexity index is 706. The third-order valence-corrected chi connectivity index (χ3v) is 4.75. The summed E-state index contributed by atoms with van der Waals surface area (Å²) in [6, 6.07) is 7.44. The van der Waals surface area contributed by atoms with Gasteiger partial charge in [-0.15, -0.1) is 5.10 Å². The molecule has 134 valence electrons. The molecule has 7 nitrogen and oxygen atoms in total. The maximum atomic E-state index is 12.6. The molecule has 2 aromatic rings. The van der Waals surface area contributed by atoms with Crippen LogP contribution in [0.5, 0.6) is 0 Å². The normalized spacial score (nSPS) is 19.0. The molecule has 1 aromatic carbocycles. The average Bonchev–Trinajstić information content (AvgIpc) is 3.26. The van der Waals surface area contributed by atoms with Crippen molar-refractivity contribution in [3.05, 3.63) is 42.2 Å². The Morgan fingerprint density at radius 3 is 2.68 bits per heavy atom. The summed E-state index contributed by atoms with van der Waals surface area (Å²) in [4.78, 5) is 14.4. The molecular formula is C18H25N5O2. The monoisotopic (exact) mass is 343 g/mol. The van der Waals surface area contributed by atoms with Gasteiger partial charge in [0.2, 0.25) is 0 Å². The highest BCUT2D eigenvalue weighted by atomic mass is 16.3. The number of aliphatic hydroxyl groups is 1. The number of hydrogen-bond donors (Lipinski definition) is 2. The van der Waals surface area contributed by atoms with Crippen LogP contribution in [0.2, 0.25) is 0 Å². The van der Waals surface area contributed by atoms with Gasteiger partial charge in [0.05, 0.1) is 35.8 Å². The summed E-state index contributed by atoms with van der Waals surface area (Å²) < 4.78 is 1.69. The molecule has 1 saturated heterocycles. The molecule has 0 aliphatic carbocycles. The van der Waals surface area contributed by atoms with Crippen molar-refractivity contribution in [3.63, 3.8) is 0 Å². The highest BCUT2D eigenvalue weighted by molar-refractivity contribution is 5.75. The second-order valence-electron chi connectivity index (χ2n) is 7.12. The Morgan fingerprint density at radius 1 is 1.36 bits per heavy atom. The van der Waals surface area contributed by atoms with E-state index in [-0.39, 0.29) is 18.1 Å². The predicted octanol–water partition coefficient (Wildman–Crippen LogP) is 2.27. The number of likely N-dealkylation sites (tertiary alicyclic amines) is 1. The van der Waals surface area contributed by atoms with Crippen LogP contribution in [0.4, 0.5) is 4.79 Å². The van der Waals surface area contributed by atoms with Crippen molar-refractivity contribution in [2.45, 2.75) is 51.3 Å². The molecule has 1 fully saturated rings. The fourth-order valence-corrected chi connectivity index (χ4v) is 3.36. The maximum absolute atomic E-state index is 12.6. The number of rotatable bonds is 4. The van der Waals surface area contributed by atoms with Gasteiger partial charge in [0.25, 0.3) is 0 Å². The lowest BCUT2D eigenvalue weighted by molar-refractivity contribution is 0.00951. The predicted molar refractivity (Wildman–Crippen MR) is 94.3 cm³/mol. The maximum Gasteiger partial charge on any atom is 0.318 e. The molecule has 1 aromatic heterocycles. The van der Waals surface area contributed by atoms with Crippen molar-refractivity contribution in [2.24, 2.45) is 0 Å². The minimum atomic E-state index is -0.892. The molecule has 0 saturated carbocycles. The summed E-state index contributed by atoms with van der Waals surface area (Å²) >= 11 is 0. The lowest BCUT2D eigenvalue weighted by Gasteiger charge is -2.34. The molecule has 3 rings (SSSR count). The molecule has 2 unspecified atom stereocenters. The molecule has 0 radical (unpaired) electrons. The second kappa shape index (κ2) is 6.84. The Balaban J connectivity index is 1.65. The van der Waals surface area contributed by atoms with E-state index in [1.165, 1.54) is 0 Å². The number of aromatic nitrogens is 3. The van der Waals surface area contributed by atoms with Crippen LogP contribution in [0.15, 0.2) is 36.7 Å². The Morgan fingerprint density at radius 2 is 2.08 bits per heavy atom. The van der Waals surface area contributed by atoms with Crippen LogP contribution in [0.3, 0.4) is 0 Å². The van der Waals surface area contributed by atoms with Gasteiger partial charge in [-0.05, 0) is 51.3 Å². The largest absolute Gasteiger partial charge is 0.388 e. The summed E-state index contributed by atoms with van der Waals surface area (Å²) in [5.74, 6) is 0. The molecule has 2 N–H and O–H groups in total. The van der Waals surface area contributed by atoms with Crippen molar-refractivity contribution >= 4 is 6.03 Å². The van der Waals surface area contributed by atoms with Gasteiger partial charge >= 0.3 is 6.03 Å². The van der Waals surface area contributed by atoms with Crippen molar-refractivity contribution in [1.29, 1.82) is 0 Å². The number of nitrogens with one attached hydrogen (secondary N) is 1. The average molecular weight is 343 g/mol. The van der Waals surface area contributed by atoms with Crippen LogP contribution in [0.25, 0.3) is 5.69 Å². The smallest absolute Gasteiger partial charge is 0.318 e. The van der Waals surface area contributed by atoms with Crippen molar-refractivity contribution in [3.8, 4) is 5.69 Å². The van der Waals surface area contributed by atoms with E-state index in [9.17, 15) is 9.90 Å². The topological polar surface area (TPSA) is 83.3 Å². The Hall–Kier alpha value is -2.41. The van der Waals surface area contributed by atoms with E-state index in [0.29, 0.717) is 6.54 Å². The number of carbonyl (C=O) groups is 1. The number of urea groups is 1. The molecule has 2 atom stereocenters. The third-order valence-electron chi connectivity index (χ3n) is 4.75. The number of amides is 2. The van der Waals surface area contributed by atoms with Gasteiger partial charge in [-0.2, -0.15) is 0 Å². The molecule has 2 amide bonds. The molecule has 0 spiro atoms. The van der Waals surface area contributed by atoms with E-state index >= 15 is 0 Å². The first-order chi connectivity index (χ1) is 11.9. The van der Waals surface area contributed by atoms with Crippen LogP contribution in [-0.2, 0) is 0 Å². The molecule has 25 heavy (non-hydrogen) atoms. The van der Waals surface area contributed by atoms with Crippen LogP contribution >= 0.6 is 0 Å². The lowest BCUT2D eigenvalue weighted by atomic mass is 9.97. The van der Waals surface area contributed by atoms with Crippen molar-refractivity contribution in [1.82, 2.24) is 25.2 Å². The third kappa shape index (κ3) is 3.82. The molecule has 1 aliphatic rings. The van der Waals surface area contributed by atoms with Gasteiger partial charge in [-0.1, -0.05) is 17.3 Å². The zero-order valence-electron chi connectivity index (χ0n) is 14.9. The summed E-state index contributed by atoms with van der Waals surface area (Å²) in [7, 11) is 0. The van der Waals surface area contributed by atoms with Crippen LogP contribution in [0, 0.1) is 0 Å². The SMILES string of the molecule is CC(NC(=O)N1CCCC1C(C)(C)O)c1ccc(-n2ccnn2)cc1. The summed E-state index contributed by atoms with van der Waals surface area (Å²) in [6.07, 6.45) is 5.16. The highest BCUT2D eigenvalue weighted by Gasteiger charge is 2.38. The van der Waals surface area contributed by atoms with E-state index in [2.05, 4.69) is 15.6 Å². The van der Waals surface area contributed by atoms with Crippen LogP contribution < -0.4 is 5.32 Å². The zero-order chi connectivity index (χ0) is 18.0. The van der Waals surface area contributed by atoms with Crippen LogP contribution in [-0.4, -0.2) is 49.2 Å². The first-order valence-electron chi connectivity index (χ1n) is 8.62.